The third-order valence-corrected chi connectivity index (χ3v) is 8.40. The largest absolute Gasteiger partial charge is 0.507 e. The minimum absolute atomic E-state index is 0.00760. The first-order valence-corrected chi connectivity index (χ1v) is 15.9. The summed E-state index contributed by atoms with van der Waals surface area (Å²) in [6, 6.07) is 47.0. The summed E-state index contributed by atoms with van der Waals surface area (Å²) in [5, 5.41) is 11.1. The molecule has 0 amide bonds. The van der Waals surface area contributed by atoms with Crippen LogP contribution >= 0.6 is 0 Å². The predicted molar refractivity (Wildman–Crippen MR) is 186 cm³/mol. The molecule has 1 aliphatic heterocycles. The van der Waals surface area contributed by atoms with Crippen molar-refractivity contribution in [3.8, 4) is 40.1 Å². The van der Waals surface area contributed by atoms with Gasteiger partial charge in [-0.05, 0) is 29.3 Å². The smallest absolute Gasteiger partial charge is 0.305 e. The fraction of sp³-hybridized carbons (Fsp3) is 0.0714. The second kappa shape index (κ2) is 12.6. The summed E-state index contributed by atoms with van der Waals surface area (Å²) in [4.78, 5) is 14.1. The fourth-order valence-corrected chi connectivity index (χ4v) is 5.99. The molecule has 7 nitrogen and oxygen atoms in total. The van der Waals surface area contributed by atoms with Gasteiger partial charge >= 0.3 is 5.79 Å². The SMILES string of the molecule is O=c1c(OCc2ccccc2)c(-c2ccc3c(c2)OC(c2ccccc2)(c2ccccc2)O3)oc2cc(OCc3ccccc3)cc(O)c12. The summed E-state index contributed by atoms with van der Waals surface area (Å²) < 4.78 is 31.9. The van der Waals surface area contributed by atoms with Gasteiger partial charge in [0.15, 0.2) is 17.3 Å². The van der Waals surface area contributed by atoms with E-state index in [0.717, 1.165) is 22.3 Å². The van der Waals surface area contributed by atoms with Gasteiger partial charge in [0, 0.05) is 28.8 Å². The van der Waals surface area contributed by atoms with E-state index in [1.54, 1.807) is 24.3 Å². The molecule has 2 heterocycles. The van der Waals surface area contributed by atoms with Crippen LogP contribution in [0.3, 0.4) is 0 Å². The Morgan fingerprint density at radius 2 is 1.14 bits per heavy atom. The van der Waals surface area contributed by atoms with Gasteiger partial charge in [-0.3, -0.25) is 4.79 Å². The quantitative estimate of drug-likeness (QED) is 0.168. The molecule has 0 radical (unpaired) electrons. The molecule has 0 saturated carbocycles. The van der Waals surface area contributed by atoms with Gasteiger partial charge in [-0.1, -0.05) is 121 Å². The van der Waals surface area contributed by atoms with Crippen molar-refractivity contribution < 1.29 is 28.5 Å². The first-order valence-electron chi connectivity index (χ1n) is 15.9. The topological polar surface area (TPSA) is 87.4 Å². The number of fused-ring (bicyclic) bond motifs is 2. The van der Waals surface area contributed by atoms with Crippen molar-refractivity contribution in [1.29, 1.82) is 0 Å². The molecule has 240 valence electrons. The van der Waals surface area contributed by atoms with E-state index < -0.39 is 11.2 Å². The lowest BCUT2D eigenvalue weighted by atomic mass is 9.97. The van der Waals surface area contributed by atoms with E-state index in [1.165, 1.54) is 6.07 Å². The van der Waals surface area contributed by atoms with Gasteiger partial charge in [0.1, 0.15) is 35.7 Å². The third-order valence-electron chi connectivity index (χ3n) is 8.40. The monoisotopic (exact) mass is 646 g/mol. The minimum atomic E-state index is -1.23. The molecule has 1 aromatic heterocycles. The van der Waals surface area contributed by atoms with E-state index in [1.807, 2.05) is 121 Å². The van der Waals surface area contributed by atoms with Gasteiger partial charge in [0.05, 0.1) is 0 Å². The van der Waals surface area contributed by atoms with Gasteiger partial charge in [-0.2, -0.15) is 0 Å². The highest BCUT2D eigenvalue weighted by molar-refractivity contribution is 5.88. The zero-order chi connectivity index (χ0) is 33.2. The number of ether oxygens (including phenoxy) is 4. The van der Waals surface area contributed by atoms with Crippen LogP contribution in [-0.2, 0) is 19.0 Å². The van der Waals surface area contributed by atoms with Gasteiger partial charge in [0.25, 0.3) is 0 Å². The van der Waals surface area contributed by atoms with E-state index in [9.17, 15) is 9.90 Å². The average molecular weight is 647 g/mol. The highest BCUT2D eigenvalue weighted by Gasteiger charge is 2.45. The van der Waals surface area contributed by atoms with E-state index in [4.69, 9.17) is 23.4 Å². The summed E-state index contributed by atoms with van der Waals surface area (Å²) >= 11 is 0. The van der Waals surface area contributed by atoms with Crippen LogP contribution in [0.4, 0.5) is 0 Å². The van der Waals surface area contributed by atoms with Crippen LogP contribution in [0.5, 0.6) is 28.7 Å². The molecule has 49 heavy (non-hydrogen) atoms. The summed E-state index contributed by atoms with van der Waals surface area (Å²) in [5.41, 5.74) is 3.62. The second-order valence-corrected chi connectivity index (χ2v) is 11.7. The van der Waals surface area contributed by atoms with Crippen LogP contribution in [0.2, 0.25) is 0 Å². The van der Waals surface area contributed by atoms with Crippen LogP contribution in [0.15, 0.2) is 161 Å². The molecule has 0 spiro atoms. The summed E-state index contributed by atoms with van der Waals surface area (Å²) in [6.07, 6.45) is 0. The highest BCUT2D eigenvalue weighted by Crippen LogP contribution is 2.49. The van der Waals surface area contributed by atoms with Crippen molar-refractivity contribution in [1.82, 2.24) is 0 Å². The Kier molecular flexibility index (Phi) is 7.70. The Labute approximate surface area is 282 Å². The first-order chi connectivity index (χ1) is 24.1. The number of rotatable bonds is 9. The Hall–Kier alpha value is -6.47. The number of hydrogen-bond donors (Lipinski definition) is 1. The predicted octanol–water partition coefficient (Wildman–Crippen LogP) is 9.00. The zero-order valence-electron chi connectivity index (χ0n) is 26.2. The maximum atomic E-state index is 14.1. The highest BCUT2D eigenvalue weighted by atomic mass is 16.7. The Morgan fingerprint density at radius 1 is 0.592 bits per heavy atom. The van der Waals surface area contributed by atoms with Crippen LogP contribution < -0.4 is 24.4 Å². The van der Waals surface area contributed by atoms with Gasteiger partial charge in [-0.25, -0.2) is 0 Å². The molecule has 0 saturated heterocycles. The molecular weight excluding hydrogens is 616 g/mol. The zero-order valence-corrected chi connectivity index (χ0v) is 26.2. The van der Waals surface area contributed by atoms with Crippen molar-refractivity contribution in [2.75, 3.05) is 0 Å². The molecular formula is C42H30O7. The van der Waals surface area contributed by atoms with Crippen LogP contribution in [0, 0.1) is 0 Å². The second-order valence-electron chi connectivity index (χ2n) is 11.7. The molecule has 7 heteroatoms. The van der Waals surface area contributed by atoms with Crippen molar-refractivity contribution in [2.45, 2.75) is 19.0 Å². The first kappa shape index (κ1) is 29.9. The summed E-state index contributed by atoms with van der Waals surface area (Å²) in [7, 11) is 0. The van der Waals surface area contributed by atoms with Crippen molar-refractivity contribution in [3.05, 3.63) is 184 Å². The lowest BCUT2D eigenvalue weighted by Crippen LogP contribution is -2.36. The number of benzene rings is 6. The summed E-state index contributed by atoms with van der Waals surface area (Å²) in [5.74, 6) is -0.0202. The van der Waals surface area contributed by atoms with Crippen molar-refractivity contribution in [3.63, 3.8) is 0 Å². The van der Waals surface area contributed by atoms with E-state index in [2.05, 4.69) is 0 Å². The normalized spacial score (nSPS) is 12.9. The molecule has 0 aliphatic carbocycles. The molecule has 0 bridgehead atoms. The maximum absolute atomic E-state index is 14.1. The van der Waals surface area contributed by atoms with Gasteiger partial charge < -0.3 is 28.5 Å². The molecule has 1 N–H and O–H groups in total. The molecule has 6 aromatic carbocycles. The number of phenolic OH excluding ortho intramolecular Hbond substituents is 1. The van der Waals surface area contributed by atoms with E-state index in [-0.39, 0.29) is 41.4 Å². The average Bonchev–Trinajstić information content (AvgIpc) is 3.55. The van der Waals surface area contributed by atoms with Crippen molar-refractivity contribution >= 4 is 11.0 Å². The molecule has 1 aliphatic rings. The van der Waals surface area contributed by atoms with Crippen molar-refractivity contribution in [2.24, 2.45) is 0 Å². The molecule has 7 aromatic rings. The standard InChI is InChI=1S/C42H30O7/c43-34-24-33(45-26-28-13-5-1-6-14-28)25-37-38(34)39(44)41(46-27-29-15-7-2-8-16-29)40(47-37)30-21-22-35-36(23-30)49-42(48-35,31-17-9-3-10-18-31)32-19-11-4-12-20-32/h1-25,43H,26-27H2. The third kappa shape index (κ3) is 5.72. The van der Waals surface area contributed by atoms with Crippen LogP contribution in [-0.4, -0.2) is 5.11 Å². The van der Waals surface area contributed by atoms with Gasteiger partial charge in [0.2, 0.25) is 11.2 Å². The van der Waals surface area contributed by atoms with Crippen LogP contribution in [0.25, 0.3) is 22.3 Å². The molecule has 0 atom stereocenters. The van der Waals surface area contributed by atoms with E-state index in [0.29, 0.717) is 22.8 Å². The van der Waals surface area contributed by atoms with E-state index >= 15 is 0 Å². The maximum Gasteiger partial charge on any atom is 0.305 e. The van der Waals surface area contributed by atoms with Crippen LogP contribution in [0.1, 0.15) is 22.3 Å². The fourth-order valence-electron chi connectivity index (χ4n) is 5.99. The Bertz CT molecular complexity index is 2260. The number of phenols is 1. The number of hydrogen-bond acceptors (Lipinski definition) is 7. The molecule has 8 rings (SSSR count). The minimum Gasteiger partial charge on any atom is -0.507 e. The number of aromatic hydroxyl groups is 1. The molecule has 0 fully saturated rings. The Morgan fingerprint density at radius 3 is 1.76 bits per heavy atom. The Balaban J connectivity index is 1.22. The lowest BCUT2D eigenvalue weighted by Gasteiger charge is -2.28. The lowest BCUT2D eigenvalue weighted by molar-refractivity contribution is -0.0459. The summed E-state index contributed by atoms with van der Waals surface area (Å²) in [6.45, 7) is 0.382. The molecule has 0 unspecified atom stereocenters. The van der Waals surface area contributed by atoms with Gasteiger partial charge in [-0.15, -0.1) is 0 Å².